The molecule has 1 aromatic rings. The number of phenolic OH excluding ortho intramolecular Hbond substituents is 2. The van der Waals surface area contributed by atoms with Crippen molar-refractivity contribution >= 4 is 0 Å². The molecule has 20 heavy (non-hydrogen) atoms. The van der Waals surface area contributed by atoms with Gasteiger partial charge in [-0.2, -0.15) is 0 Å². The van der Waals surface area contributed by atoms with Crippen molar-refractivity contribution < 1.29 is 10.2 Å². The summed E-state index contributed by atoms with van der Waals surface area (Å²) in [6, 6.07) is 5.46. The Bertz CT molecular complexity index is 427. The first-order valence-electron chi connectivity index (χ1n) is 7.89. The summed E-state index contributed by atoms with van der Waals surface area (Å²) < 4.78 is 0. The van der Waals surface area contributed by atoms with Crippen molar-refractivity contribution in [1.29, 1.82) is 0 Å². The standard InChI is InChI=1S/C17H27NO2/c1-3-16(13-7-5-4-6-8-13)18-12(2)15-10-9-14(19)11-17(15)20/h9-13,16,18-20H,3-8H2,1-2H3. The molecule has 0 radical (unpaired) electrons. The Morgan fingerprint density at radius 1 is 1.20 bits per heavy atom. The number of hydrogen-bond acceptors (Lipinski definition) is 3. The fourth-order valence-electron chi connectivity index (χ4n) is 3.43. The van der Waals surface area contributed by atoms with E-state index in [1.165, 1.54) is 38.2 Å². The van der Waals surface area contributed by atoms with Gasteiger partial charge in [-0.3, -0.25) is 0 Å². The topological polar surface area (TPSA) is 52.5 Å². The van der Waals surface area contributed by atoms with E-state index in [1.807, 2.05) is 0 Å². The molecular formula is C17H27NO2. The quantitative estimate of drug-likeness (QED) is 0.759. The van der Waals surface area contributed by atoms with Crippen molar-refractivity contribution in [1.82, 2.24) is 5.32 Å². The third-order valence-electron chi connectivity index (χ3n) is 4.60. The van der Waals surface area contributed by atoms with Crippen LogP contribution >= 0.6 is 0 Å². The van der Waals surface area contributed by atoms with Gasteiger partial charge in [0, 0.05) is 23.7 Å². The molecule has 3 heteroatoms. The van der Waals surface area contributed by atoms with E-state index in [0.29, 0.717) is 6.04 Å². The molecule has 0 bridgehead atoms. The Morgan fingerprint density at radius 2 is 1.90 bits per heavy atom. The number of aromatic hydroxyl groups is 2. The number of nitrogens with one attached hydrogen (secondary N) is 1. The minimum absolute atomic E-state index is 0.0995. The Morgan fingerprint density at radius 3 is 2.50 bits per heavy atom. The van der Waals surface area contributed by atoms with Crippen molar-refractivity contribution in [3.8, 4) is 11.5 Å². The van der Waals surface area contributed by atoms with E-state index in [9.17, 15) is 10.2 Å². The predicted octanol–water partition coefficient (Wildman–Crippen LogP) is 4.11. The van der Waals surface area contributed by atoms with Gasteiger partial charge in [-0.1, -0.05) is 32.3 Å². The normalized spacial score (nSPS) is 19.7. The molecule has 3 N–H and O–H groups in total. The van der Waals surface area contributed by atoms with E-state index in [0.717, 1.165) is 17.9 Å². The molecule has 0 heterocycles. The average Bonchev–Trinajstić information content (AvgIpc) is 2.45. The first-order valence-corrected chi connectivity index (χ1v) is 7.89. The minimum Gasteiger partial charge on any atom is -0.508 e. The van der Waals surface area contributed by atoms with Gasteiger partial charge in [0.25, 0.3) is 0 Å². The van der Waals surface area contributed by atoms with Crippen LogP contribution in [0.15, 0.2) is 18.2 Å². The van der Waals surface area contributed by atoms with Gasteiger partial charge in [0.15, 0.2) is 0 Å². The molecule has 0 saturated heterocycles. The monoisotopic (exact) mass is 277 g/mol. The maximum Gasteiger partial charge on any atom is 0.124 e. The van der Waals surface area contributed by atoms with Gasteiger partial charge in [-0.15, -0.1) is 0 Å². The van der Waals surface area contributed by atoms with E-state index in [2.05, 4.69) is 19.2 Å². The summed E-state index contributed by atoms with van der Waals surface area (Å²) in [4.78, 5) is 0. The summed E-state index contributed by atoms with van der Waals surface area (Å²) in [5.74, 6) is 1.04. The van der Waals surface area contributed by atoms with E-state index in [4.69, 9.17) is 0 Å². The van der Waals surface area contributed by atoms with Crippen molar-refractivity contribution in [3.05, 3.63) is 23.8 Å². The van der Waals surface area contributed by atoms with Crippen LogP contribution in [0.2, 0.25) is 0 Å². The average molecular weight is 277 g/mol. The molecule has 0 spiro atoms. The summed E-state index contributed by atoms with van der Waals surface area (Å²) in [5, 5.41) is 23.0. The molecule has 1 aromatic carbocycles. The first-order chi connectivity index (χ1) is 9.61. The van der Waals surface area contributed by atoms with Crippen LogP contribution in [0.5, 0.6) is 11.5 Å². The van der Waals surface area contributed by atoms with Crippen LogP contribution < -0.4 is 5.32 Å². The zero-order valence-corrected chi connectivity index (χ0v) is 12.6. The summed E-state index contributed by atoms with van der Waals surface area (Å²) in [6.07, 6.45) is 7.83. The second-order valence-corrected chi connectivity index (χ2v) is 6.04. The van der Waals surface area contributed by atoms with Gasteiger partial charge in [0.2, 0.25) is 0 Å². The summed E-state index contributed by atoms with van der Waals surface area (Å²) in [6.45, 7) is 4.31. The maximum absolute atomic E-state index is 9.96. The lowest BCUT2D eigenvalue weighted by atomic mass is 9.82. The van der Waals surface area contributed by atoms with Gasteiger partial charge >= 0.3 is 0 Å². The molecule has 0 amide bonds. The Balaban J connectivity index is 2.02. The smallest absolute Gasteiger partial charge is 0.124 e. The van der Waals surface area contributed by atoms with E-state index < -0.39 is 0 Å². The van der Waals surface area contributed by atoms with Crippen LogP contribution in [0.1, 0.15) is 64.0 Å². The van der Waals surface area contributed by atoms with E-state index >= 15 is 0 Å². The van der Waals surface area contributed by atoms with Gasteiger partial charge in [-0.05, 0) is 38.2 Å². The lowest BCUT2D eigenvalue weighted by Gasteiger charge is -2.33. The van der Waals surface area contributed by atoms with Gasteiger partial charge < -0.3 is 15.5 Å². The highest BCUT2D eigenvalue weighted by Crippen LogP contribution is 2.32. The number of hydrogen-bond donors (Lipinski definition) is 3. The van der Waals surface area contributed by atoms with Crippen LogP contribution in [0.3, 0.4) is 0 Å². The minimum atomic E-state index is 0.0995. The number of rotatable bonds is 5. The highest BCUT2D eigenvalue weighted by molar-refractivity contribution is 5.40. The summed E-state index contributed by atoms with van der Waals surface area (Å²) >= 11 is 0. The van der Waals surface area contributed by atoms with Crippen molar-refractivity contribution in [2.75, 3.05) is 0 Å². The fraction of sp³-hybridized carbons (Fsp3) is 0.647. The third-order valence-corrected chi connectivity index (χ3v) is 4.60. The lowest BCUT2D eigenvalue weighted by molar-refractivity contribution is 0.248. The number of phenols is 2. The summed E-state index contributed by atoms with van der Waals surface area (Å²) in [5.41, 5.74) is 0.858. The van der Waals surface area contributed by atoms with Gasteiger partial charge in [-0.25, -0.2) is 0 Å². The Kier molecular flexibility index (Phi) is 5.30. The van der Waals surface area contributed by atoms with Crippen LogP contribution in [0.4, 0.5) is 0 Å². The maximum atomic E-state index is 9.96. The SMILES string of the molecule is CCC(NC(C)c1ccc(O)cc1O)C1CCCCC1. The summed E-state index contributed by atoms with van der Waals surface area (Å²) in [7, 11) is 0. The first kappa shape index (κ1) is 15.2. The molecule has 112 valence electrons. The zero-order chi connectivity index (χ0) is 14.5. The Labute approximate surface area is 122 Å². The molecule has 0 aliphatic heterocycles. The molecular weight excluding hydrogens is 250 g/mol. The molecule has 2 unspecified atom stereocenters. The van der Waals surface area contributed by atoms with Crippen LogP contribution in [-0.4, -0.2) is 16.3 Å². The van der Waals surface area contributed by atoms with Gasteiger partial charge in [0.1, 0.15) is 11.5 Å². The van der Waals surface area contributed by atoms with Gasteiger partial charge in [0.05, 0.1) is 0 Å². The largest absolute Gasteiger partial charge is 0.508 e. The molecule has 1 saturated carbocycles. The van der Waals surface area contributed by atoms with Crippen molar-refractivity contribution in [3.63, 3.8) is 0 Å². The van der Waals surface area contributed by atoms with Crippen LogP contribution in [0.25, 0.3) is 0 Å². The second kappa shape index (κ2) is 6.98. The highest BCUT2D eigenvalue weighted by atomic mass is 16.3. The molecule has 1 aliphatic rings. The highest BCUT2D eigenvalue weighted by Gasteiger charge is 2.24. The van der Waals surface area contributed by atoms with Crippen molar-refractivity contribution in [2.24, 2.45) is 5.92 Å². The Hall–Kier alpha value is -1.22. The van der Waals surface area contributed by atoms with E-state index in [-0.39, 0.29) is 17.5 Å². The molecule has 0 aromatic heterocycles. The predicted molar refractivity (Wildman–Crippen MR) is 82.0 cm³/mol. The molecule has 2 rings (SSSR count). The zero-order valence-electron chi connectivity index (χ0n) is 12.6. The molecule has 1 fully saturated rings. The van der Waals surface area contributed by atoms with Crippen LogP contribution in [0, 0.1) is 5.92 Å². The molecule has 1 aliphatic carbocycles. The fourth-order valence-corrected chi connectivity index (χ4v) is 3.43. The second-order valence-electron chi connectivity index (χ2n) is 6.04. The van der Waals surface area contributed by atoms with Crippen LogP contribution in [-0.2, 0) is 0 Å². The molecule has 3 nitrogen and oxygen atoms in total. The third kappa shape index (κ3) is 3.66. The van der Waals surface area contributed by atoms with Crippen molar-refractivity contribution in [2.45, 2.75) is 64.5 Å². The molecule has 2 atom stereocenters. The van der Waals surface area contributed by atoms with E-state index in [1.54, 1.807) is 12.1 Å². The number of benzene rings is 1. The lowest BCUT2D eigenvalue weighted by Crippen LogP contribution is -2.38.